The summed E-state index contributed by atoms with van der Waals surface area (Å²) >= 11 is 0. The lowest BCUT2D eigenvalue weighted by Gasteiger charge is -2.09. The van der Waals surface area contributed by atoms with Gasteiger partial charge in [0.25, 0.3) is 5.56 Å². The van der Waals surface area contributed by atoms with Crippen LogP contribution in [-0.2, 0) is 17.8 Å². The number of aromatic amines is 1. The monoisotopic (exact) mass is 349 g/mol. The standard InChI is InChI=1S/C19H19N5O2/c1-12-16(9-17(25)23-15-6-2-4-13(8-15)10-20)19(26)24-18(22-12)14-5-3-7-21-11-14/h2-8,11H,9-10,20H2,1H3,(H,23,25)(H,22,24,26). The summed E-state index contributed by atoms with van der Waals surface area (Å²) in [5.41, 5.74) is 8.40. The number of nitrogens with zero attached hydrogens (tertiary/aromatic N) is 2. The molecular weight excluding hydrogens is 330 g/mol. The summed E-state index contributed by atoms with van der Waals surface area (Å²) in [7, 11) is 0. The highest BCUT2D eigenvalue weighted by atomic mass is 16.2. The Morgan fingerprint density at radius 3 is 2.81 bits per heavy atom. The van der Waals surface area contributed by atoms with Crippen LogP contribution in [0.2, 0.25) is 0 Å². The molecule has 0 bridgehead atoms. The highest BCUT2D eigenvalue weighted by molar-refractivity contribution is 5.92. The van der Waals surface area contributed by atoms with Gasteiger partial charge in [0.1, 0.15) is 5.82 Å². The van der Waals surface area contributed by atoms with E-state index >= 15 is 0 Å². The first-order valence-electron chi connectivity index (χ1n) is 8.16. The summed E-state index contributed by atoms with van der Waals surface area (Å²) < 4.78 is 0. The van der Waals surface area contributed by atoms with Crippen molar-refractivity contribution in [2.24, 2.45) is 5.73 Å². The number of amides is 1. The number of benzene rings is 1. The number of aryl methyl sites for hydroxylation is 1. The van der Waals surface area contributed by atoms with Crippen LogP contribution in [0.5, 0.6) is 0 Å². The van der Waals surface area contributed by atoms with Gasteiger partial charge in [0, 0.05) is 41.4 Å². The molecule has 2 aromatic heterocycles. The van der Waals surface area contributed by atoms with Crippen LogP contribution in [0.3, 0.4) is 0 Å². The maximum absolute atomic E-state index is 12.4. The van der Waals surface area contributed by atoms with Crippen LogP contribution in [-0.4, -0.2) is 20.9 Å². The Hall–Kier alpha value is -3.32. The predicted molar refractivity (Wildman–Crippen MR) is 99.5 cm³/mol. The summed E-state index contributed by atoms with van der Waals surface area (Å²) in [6.45, 7) is 2.11. The molecule has 0 saturated carbocycles. The Kier molecular flexibility index (Phi) is 5.19. The van der Waals surface area contributed by atoms with Crippen molar-refractivity contribution in [2.75, 3.05) is 5.32 Å². The lowest BCUT2D eigenvalue weighted by atomic mass is 10.1. The molecule has 3 rings (SSSR count). The first-order valence-corrected chi connectivity index (χ1v) is 8.16. The number of carbonyl (C=O) groups excluding carboxylic acids is 1. The molecule has 2 heterocycles. The molecule has 7 heteroatoms. The fourth-order valence-corrected chi connectivity index (χ4v) is 2.60. The molecule has 0 spiro atoms. The van der Waals surface area contributed by atoms with Crippen molar-refractivity contribution in [3.8, 4) is 11.4 Å². The number of hydrogen-bond donors (Lipinski definition) is 3. The second kappa shape index (κ2) is 7.71. The fraction of sp³-hybridized carbons (Fsp3) is 0.158. The molecule has 0 radical (unpaired) electrons. The predicted octanol–water partition coefficient (Wildman–Crippen LogP) is 1.78. The number of anilines is 1. The Labute approximate surface area is 150 Å². The van der Waals surface area contributed by atoms with Crippen LogP contribution in [0.4, 0.5) is 5.69 Å². The largest absolute Gasteiger partial charge is 0.326 e. The minimum absolute atomic E-state index is 0.0612. The topological polar surface area (TPSA) is 114 Å². The molecule has 0 unspecified atom stereocenters. The summed E-state index contributed by atoms with van der Waals surface area (Å²) in [5.74, 6) is 0.143. The van der Waals surface area contributed by atoms with Crippen LogP contribution in [0.25, 0.3) is 11.4 Å². The van der Waals surface area contributed by atoms with Crippen molar-refractivity contribution in [1.82, 2.24) is 15.0 Å². The average Bonchev–Trinajstić information content (AvgIpc) is 2.65. The third-order valence-corrected chi connectivity index (χ3v) is 3.94. The van der Waals surface area contributed by atoms with Gasteiger partial charge in [0.2, 0.25) is 5.91 Å². The summed E-state index contributed by atoms with van der Waals surface area (Å²) in [4.78, 5) is 35.9. The van der Waals surface area contributed by atoms with Gasteiger partial charge < -0.3 is 16.0 Å². The number of nitrogens with two attached hydrogens (primary N) is 1. The molecule has 0 aliphatic carbocycles. The van der Waals surface area contributed by atoms with E-state index < -0.39 is 0 Å². The molecule has 1 aromatic carbocycles. The summed E-state index contributed by atoms with van der Waals surface area (Å²) in [6.07, 6.45) is 3.20. The molecule has 0 saturated heterocycles. The van der Waals surface area contributed by atoms with Gasteiger partial charge in [0.05, 0.1) is 6.42 Å². The summed E-state index contributed by atoms with van der Waals surface area (Å²) in [5, 5.41) is 2.78. The highest BCUT2D eigenvalue weighted by Gasteiger charge is 2.14. The normalized spacial score (nSPS) is 10.5. The number of aromatic nitrogens is 3. The van der Waals surface area contributed by atoms with Crippen molar-refractivity contribution in [2.45, 2.75) is 19.9 Å². The second-order valence-electron chi connectivity index (χ2n) is 5.85. The van der Waals surface area contributed by atoms with Gasteiger partial charge in [-0.15, -0.1) is 0 Å². The number of nitrogens with one attached hydrogen (secondary N) is 2. The molecule has 0 aliphatic heterocycles. The van der Waals surface area contributed by atoms with E-state index in [9.17, 15) is 9.59 Å². The third kappa shape index (κ3) is 4.01. The Balaban J connectivity index is 1.79. The van der Waals surface area contributed by atoms with Crippen LogP contribution in [0.1, 0.15) is 16.8 Å². The van der Waals surface area contributed by atoms with E-state index in [-0.39, 0.29) is 17.9 Å². The van der Waals surface area contributed by atoms with E-state index in [4.69, 9.17) is 5.73 Å². The molecule has 7 nitrogen and oxygen atoms in total. The molecule has 1 amide bonds. The van der Waals surface area contributed by atoms with E-state index in [1.807, 2.05) is 18.2 Å². The van der Waals surface area contributed by atoms with Gasteiger partial charge in [-0.3, -0.25) is 14.6 Å². The van der Waals surface area contributed by atoms with E-state index in [1.54, 1.807) is 37.5 Å². The number of pyridine rings is 1. The maximum Gasteiger partial charge on any atom is 0.255 e. The zero-order valence-electron chi connectivity index (χ0n) is 14.3. The average molecular weight is 349 g/mol. The van der Waals surface area contributed by atoms with E-state index in [0.29, 0.717) is 34.9 Å². The van der Waals surface area contributed by atoms with Gasteiger partial charge in [-0.1, -0.05) is 12.1 Å². The highest BCUT2D eigenvalue weighted by Crippen LogP contribution is 2.14. The molecule has 0 fully saturated rings. The number of rotatable bonds is 5. The molecule has 0 aliphatic rings. The van der Waals surface area contributed by atoms with Gasteiger partial charge in [-0.25, -0.2) is 4.98 Å². The second-order valence-corrected chi connectivity index (χ2v) is 5.85. The molecule has 132 valence electrons. The molecule has 26 heavy (non-hydrogen) atoms. The smallest absolute Gasteiger partial charge is 0.255 e. The third-order valence-electron chi connectivity index (χ3n) is 3.94. The van der Waals surface area contributed by atoms with E-state index in [1.165, 1.54) is 0 Å². The zero-order valence-corrected chi connectivity index (χ0v) is 14.3. The van der Waals surface area contributed by atoms with Gasteiger partial charge in [0.15, 0.2) is 0 Å². The van der Waals surface area contributed by atoms with Crippen LogP contribution in [0.15, 0.2) is 53.6 Å². The van der Waals surface area contributed by atoms with E-state index in [2.05, 4.69) is 20.3 Å². The van der Waals surface area contributed by atoms with Crippen molar-refractivity contribution < 1.29 is 4.79 Å². The lowest BCUT2D eigenvalue weighted by molar-refractivity contribution is -0.115. The first-order chi connectivity index (χ1) is 12.6. The van der Waals surface area contributed by atoms with Crippen LogP contribution >= 0.6 is 0 Å². The van der Waals surface area contributed by atoms with Gasteiger partial charge >= 0.3 is 0 Å². The quantitative estimate of drug-likeness (QED) is 0.650. The van der Waals surface area contributed by atoms with Gasteiger partial charge in [-0.2, -0.15) is 0 Å². The Morgan fingerprint density at radius 2 is 2.12 bits per heavy atom. The number of carbonyl (C=O) groups is 1. The fourth-order valence-electron chi connectivity index (χ4n) is 2.60. The van der Waals surface area contributed by atoms with Crippen molar-refractivity contribution >= 4 is 11.6 Å². The van der Waals surface area contributed by atoms with Gasteiger partial charge in [-0.05, 0) is 36.8 Å². The SMILES string of the molecule is Cc1nc(-c2cccnc2)[nH]c(=O)c1CC(=O)Nc1cccc(CN)c1. The minimum Gasteiger partial charge on any atom is -0.326 e. The number of hydrogen-bond acceptors (Lipinski definition) is 5. The Bertz CT molecular complexity index is 983. The summed E-state index contributed by atoms with van der Waals surface area (Å²) in [6, 6.07) is 10.9. The van der Waals surface area contributed by atoms with Crippen molar-refractivity contribution in [3.63, 3.8) is 0 Å². The van der Waals surface area contributed by atoms with E-state index in [0.717, 1.165) is 5.56 Å². The maximum atomic E-state index is 12.4. The molecule has 3 aromatic rings. The van der Waals surface area contributed by atoms with Crippen LogP contribution in [0, 0.1) is 6.92 Å². The number of H-pyrrole nitrogens is 1. The zero-order chi connectivity index (χ0) is 18.5. The van der Waals surface area contributed by atoms with Crippen LogP contribution < -0.4 is 16.6 Å². The molecule has 0 atom stereocenters. The lowest BCUT2D eigenvalue weighted by Crippen LogP contribution is -2.24. The van der Waals surface area contributed by atoms with Crippen molar-refractivity contribution in [3.05, 3.63) is 76.0 Å². The molecular formula is C19H19N5O2. The molecule has 4 N–H and O–H groups in total. The van der Waals surface area contributed by atoms with Crippen molar-refractivity contribution in [1.29, 1.82) is 0 Å². The first kappa shape index (κ1) is 17.5. The minimum atomic E-state index is -0.331. The Morgan fingerprint density at radius 1 is 1.27 bits per heavy atom.